The van der Waals surface area contributed by atoms with E-state index in [1.807, 2.05) is 22.6 Å². The molecular weight excluding hydrogens is 227 g/mol. The van der Waals surface area contributed by atoms with Crippen molar-refractivity contribution in [1.29, 1.82) is 0 Å². The van der Waals surface area contributed by atoms with Crippen molar-refractivity contribution in [3.63, 3.8) is 0 Å². The predicted molar refractivity (Wildman–Crippen MR) is 39.6 cm³/mol. The van der Waals surface area contributed by atoms with E-state index < -0.39 is 9.92 Å². The maximum Gasteiger partial charge on any atom is 0.114 e. The Labute approximate surface area is 57.1 Å². The van der Waals surface area contributed by atoms with E-state index in [4.69, 9.17) is 5.14 Å². The first kappa shape index (κ1) is 7.64. The topological polar surface area (TPSA) is 55.4 Å². The van der Waals surface area contributed by atoms with Crippen molar-refractivity contribution in [2.24, 2.45) is 9.50 Å². The van der Waals surface area contributed by atoms with Gasteiger partial charge in [0.1, 0.15) is 9.92 Å². The molecule has 1 atom stereocenters. The Morgan fingerprint density at radius 1 is 2.00 bits per heavy atom. The number of nitrogens with zero attached hydrogens (tertiary/aromatic N) is 1. The van der Waals surface area contributed by atoms with Crippen molar-refractivity contribution in [2.75, 3.05) is 10.8 Å². The highest BCUT2D eigenvalue weighted by molar-refractivity contribution is 14.1. The third-order valence-electron chi connectivity index (χ3n) is 0.465. The van der Waals surface area contributed by atoms with Crippen LogP contribution in [-0.4, -0.2) is 15.0 Å². The van der Waals surface area contributed by atoms with E-state index in [-0.39, 0.29) is 0 Å². The molecule has 1 unspecified atom stereocenters. The summed E-state index contributed by atoms with van der Waals surface area (Å²) < 4.78 is 14.4. The van der Waals surface area contributed by atoms with E-state index in [2.05, 4.69) is 4.36 Å². The van der Waals surface area contributed by atoms with Gasteiger partial charge >= 0.3 is 0 Å². The molecule has 0 radical (unpaired) electrons. The molecule has 5 heteroatoms. The zero-order chi connectivity index (χ0) is 5.91. The third kappa shape index (κ3) is 3.24. The van der Waals surface area contributed by atoms with Crippen LogP contribution in [0.15, 0.2) is 4.36 Å². The molecule has 0 saturated heterocycles. The molecule has 0 rings (SSSR count). The number of alkyl halides is 1. The second-order valence-electron chi connectivity index (χ2n) is 0.981. The fourth-order valence-electron chi connectivity index (χ4n) is 0.0488. The van der Waals surface area contributed by atoms with Crippen molar-refractivity contribution in [2.45, 2.75) is 0 Å². The van der Waals surface area contributed by atoms with Gasteiger partial charge in [0.25, 0.3) is 0 Å². The number of rotatable bonds is 1. The molecule has 0 bridgehead atoms. The molecular formula is C2H7IN2OS. The van der Waals surface area contributed by atoms with Crippen molar-refractivity contribution >= 4 is 32.5 Å². The molecule has 2 N–H and O–H groups in total. The van der Waals surface area contributed by atoms with Crippen LogP contribution in [0.4, 0.5) is 0 Å². The smallest absolute Gasteiger partial charge is 0.114 e. The summed E-state index contributed by atoms with van der Waals surface area (Å²) in [7, 11) is -0.836. The lowest BCUT2D eigenvalue weighted by atomic mass is 11.6. The van der Waals surface area contributed by atoms with Crippen LogP contribution in [-0.2, 0) is 9.92 Å². The molecule has 0 fully saturated rings. The van der Waals surface area contributed by atoms with Crippen molar-refractivity contribution < 1.29 is 4.21 Å². The minimum atomic E-state index is -2.30. The maximum atomic E-state index is 10.5. The standard InChI is InChI=1S/C2H7IN2OS/c1-5-7(4,6)2-3/h2H2,1H3,(H2,4,5,6). The van der Waals surface area contributed by atoms with Gasteiger partial charge in [0.05, 0.1) is 3.76 Å². The van der Waals surface area contributed by atoms with Gasteiger partial charge < -0.3 is 0 Å². The zero-order valence-electron chi connectivity index (χ0n) is 3.93. The minimum Gasteiger partial charge on any atom is -0.244 e. The lowest BCUT2D eigenvalue weighted by molar-refractivity contribution is 0.681. The summed E-state index contributed by atoms with van der Waals surface area (Å²) in [5.41, 5.74) is 0. The van der Waals surface area contributed by atoms with Crippen LogP contribution in [0, 0.1) is 0 Å². The number of nitrogens with two attached hydrogens (primary N) is 1. The summed E-state index contributed by atoms with van der Waals surface area (Å²) in [5.74, 6) is 0. The first-order valence-electron chi connectivity index (χ1n) is 1.59. The van der Waals surface area contributed by atoms with Gasteiger partial charge in [-0.25, -0.2) is 13.7 Å². The molecule has 44 valence electrons. The van der Waals surface area contributed by atoms with Crippen LogP contribution in [0.25, 0.3) is 0 Å². The van der Waals surface area contributed by atoms with E-state index >= 15 is 0 Å². The van der Waals surface area contributed by atoms with Crippen LogP contribution in [0.5, 0.6) is 0 Å². The molecule has 0 saturated carbocycles. The summed E-state index contributed by atoms with van der Waals surface area (Å²) in [5, 5.41) is 5.07. The molecule has 0 aliphatic heterocycles. The largest absolute Gasteiger partial charge is 0.244 e. The van der Waals surface area contributed by atoms with Gasteiger partial charge in [0.15, 0.2) is 0 Å². The van der Waals surface area contributed by atoms with E-state index in [1.54, 1.807) is 0 Å². The average Bonchev–Trinajstić information content (AvgIpc) is 1.68. The van der Waals surface area contributed by atoms with E-state index in [0.29, 0.717) is 3.76 Å². The molecule has 0 heterocycles. The van der Waals surface area contributed by atoms with Crippen LogP contribution < -0.4 is 5.14 Å². The molecule has 0 aromatic rings. The summed E-state index contributed by atoms with van der Waals surface area (Å²) in [4.78, 5) is 0. The molecule has 3 nitrogen and oxygen atoms in total. The molecule has 0 amide bonds. The van der Waals surface area contributed by atoms with Gasteiger partial charge in [-0.3, -0.25) is 0 Å². The third-order valence-corrected chi connectivity index (χ3v) is 4.07. The number of hydrogen-bond donors (Lipinski definition) is 1. The van der Waals surface area contributed by atoms with Gasteiger partial charge in [-0.2, -0.15) is 0 Å². The van der Waals surface area contributed by atoms with Gasteiger partial charge in [-0.15, -0.1) is 0 Å². The first-order valence-corrected chi connectivity index (χ1v) is 4.86. The molecule has 0 spiro atoms. The summed E-state index contributed by atoms with van der Waals surface area (Å²) in [6.07, 6.45) is 0. The number of hydrogen-bond acceptors (Lipinski definition) is 2. The Hall–Kier alpha value is 0.640. The quantitative estimate of drug-likeness (QED) is 0.516. The van der Waals surface area contributed by atoms with Gasteiger partial charge in [-0.1, -0.05) is 22.6 Å². The fraction of sp³-hybridized carbons (Fsp3) is 1.00. The normalized spacial score (nSPS) is 18.1. The fourth-order valence-corrected chi connectivity index (χ4v) is 0.982. The van der Waals surface area contributed by atoms with E-state index in [1.165, 1.54) is 7.05 Å². The Morgan fingerprint density at radius 2 is 2.43 bits per heavy atom. The molecule has 0 aromatic carbocycles. The van der Waals surface area contributed by atoms with Crippen LogP contribution in [0.2, 0.25) is 0 Å². The van der Waals surface area contributed by atoms with E-state index in [0.717, 1.165) is 0 Å². The van der Waals surface area contributed by atoms with Crippen LogP contribution in [0.3, 0.4) is 0 Å². The van der Waals surface area contributed by atoms with Crippen molar-refractivity contribution in [3.8, 4) is 0 Å². The highest BCUT2D eigenvalue weighted by Crippen LogP contribution is 1.89. The maximum absolute atomic E-state index is 10.5. The Kier molecular flexibility index (Phi) is 3.09. The summed E-state index contributed by atoms with van der Waals surface area (Å²) >= 11 is 1.94. The second kappa shape index (κ2) is 2.83. The van der Waals surface area contributed by atoms with Crippen LogP contribution in [0.1, 0.15) is 0 Å². The highest BCUT2D eigenvalue weighted by Gasteiger charge is 1.90. The monoisotopic (exact) mass is 234 g/mol. The molecule has 0 aromatic heterocycles. The Balaban J connectivity index is 4.17. The summed E-state index contributed by atoms with van der Waals surface area (Å²) in [6.45, 7) is 0. The SMILES string of the molecule is CN=S(N)(=O)CI. The lowest BCUT2D eigenvalue weighted by Gasteiger charge is -1.90. The summed E-state index contributed by atoms with van der Waals surface area (Å²) in [6, 6.07) is 0. The average molecular weight is 234 g/mol. The van der Waals surface area contributed by atoms with Gasteiger partial charge in [-0.05, 0) is 0 Å². The Morgan fingerprint density at radius 3 is 2.43 bits per heavy atom. The van der Waals surface area contributed by atoms with E-state index in [9.17, 15) is 4.21 Å². The first-order chi connectivity index (χ1) is 3.12. The number of halogens is 1. The zero-order valence-corrected chi connectivity index (χ0v) is 6.90. The van der Waals surface area contributed by atoms with Gasteiger partial charge in [0.2, 0.25) is 0 Å². The second-order valence-corrected chi connectivity index (χ2v) is 4.81. The van der Waals surface area contributed by atoms with Crippen molar-refractivity contribution in [3.05, 3.63) is 0 Å². The predicted octanol–water partition coefficient (Wildman–Crippen LogP) is 0.350. The Bertz CT molecular complexity index is 148. The molecule has 0 aliphatic rings. The van der Waals surface area contributed by atoms with Crippen LogP contribution >= 0.6 is 22.6 Å². The molecule has 7 heavy (non-hydrogen) atoms. The van der Waals surface area contributed by atoms with Crippen molar-refractivity contribution in [1.82, 2.24) is 0 Å². The van der Waals surface area contributed by atoms with Gasteiger partial charge in [0, 0.05) is 7.05 Å². The highest BCUT2D eigenvalue weighted by atomic mass is 127. The minimum absolute atomic E-state index is 0.404. The molecule has 0 aliphatic carbocycles. The lowest BCUT2D eigenvalue weighted by Crippen LogP contribution is -2.11.